The second-order valence-electron chi connectivity index (χ2n) is 16.6. The van der Waals surface area contributed by atoms with Crippen molar-refractivity contribution < 1.29 is 28.4 Å². The number of allylic oxidation sites excluding steroid dienone is 8. The highest BCUT2D eigenvalue weighted by atomic mass is 31.2. The summed E-state index contributed by atoms with van der Waals surface area (Å²) in [4.78, 5) is 22.8. The lowest BCUT2D eigenvalue weighted by atomic mass is 10.0. The summed E-state index contributed by atoms with van der Waals surface area (Å²) in [6.45, 7) is 4.10. The first-order valence-corrected chi connectivity index (χ1v) is 26.2. The molecule has 0 aromatic carbocycles. The van der Waals surface area contributed by atoms with Crippen molar-refractivity contribution in [3.8, 4) is 0 Å². The molecule has 0 aromatic rings. The molecule has 0 fully saturated rings. The summed E-state index contributed by atoms with van der Waals surface area (Å²) in [5.74, 6) is -0.175. The highest BCUT2D eigenvalue weighted by Crippen LogP contribution is 2.43. The lowest BCUT2D eigenvalue weighted by Gasteiger charge is -2.25. The van der Waals surface area contributed by atoms with Crippen molar-refractivity contribution in [2.45, 2.75) is 244 Å². The Bertz CT molecular complexity index is 1060. The van der Waals surface area contributed by atoms with Crippen LogP contribution in [0, 0.1) is 0 Å². The van der Waals surface area contributed by atoms with Crippen LogP contribution in [0.1, 0.15) is 232 Å². The van der Waals surface area contributed by atoms with Crippen LogP contribution in [0.15, 0.2) is 48.6 Å². The van der Waals surface area contributed by atoms with Gasteiger partial charge in [0.05, 0.1) is 25.4 Å². The van der Waals surface area contributed by atoms with E-state index in [0.717, 1.165) is 77.0 Å². The molecule has 0 aliphatic heterocycles. The molecule has 59 heavy (non-hydrogen) atoms. The van der Waals surface area contributed by atoms with Gasteiger partial charge in [-0.3, -0.25) is 13.8 Å². The summed E-state index contributed by atoms with van der Waals surface area (Å²) >= 11 is 0. The van der Waals surface area contributed by atoms with Crippen molar-refractivity contribution in [2.24, 2.45) is 5.73 Å². The van der Waals surface area contributed by atoms with Crippen LogP contribution >= 0.6 is 7.82 Å². The van der Waals surface area contributed by atoms with E-state index in [2.05, 4.69) is 67.8 Å². The summed E-state index contributed by atoms with van der Waals surface area (Å²) in [7, 11) is -4.33. The average molecular weight is 851 g/mol. The fourth-order valence-corrected chi connectivity index (χ4v) is 8.01. The van der Waals surface area contributed by atoms with E-state index in [4.69, 9.17) is 14.8 Å². The van der Waals surface area contributed by atoms with Crippen LogP contribution in [-0.2, 0) is 18.4 Å². The summed E-state index contributed by atoms with van der Waals surface area (Å²) < 4.78 is 22.3. The van der Waals surface area contributed by atoms with Crippen LogP contribution in [0.2, 0.25) is 0 Å². The second-order valence-corrected chi connectivity index (χ2v) is 18.1. The largest absolute Gasteiger partial charge is 0.472 e. The number of nitrogens with two attached hydrogens (primary N) is 1. The number of carbonyl (C=O) groups is 1. The second kappa shape index (κ2) is 46.0. The maximum absolute atomic E-state index is 12.8. The number of hydrogen-bond donors (Lipinski definition) is 4. The molecule has 0 heterocycles. The number of carbonyl (C=O) groups excluding carboxylic acids is 1. The predicted molar refractivity (Wildman–Crippen MR) is 254 cm³/mol. The third-order valence-corrected chi connectivity index (χ3v) is 11.9. The molecule has 0 aromatic heterocycles. The van der Waals surface area contributed by atoms with Crippen molar-refractivity contribution in [2.75, 3.05) is 19.8 Å². The smallest absolute Gasteiger partial charge is 0.391 e. The number of hydrogen-bond acceptors (Lipinski definition) is 6. The van der Waals surface area contributed by atoms with Crippen molar-refractivity contribution in [3.05, 3.63) is 48.6 Å². The van der Waals surface area contributed by atoms with Gasteiger partial charge in [-0.2, -0.15) is 0 Å². The summed E-state index contributed by atoms with van der Waals surface area (Å²) in [5.41, 5.74) is 5.40. The van der Waals surface area contributed by atoms with Gasteiger partial charge in [0.15, 0.2) is 0 Å². The first kappa shape index (κ1) is 57.5. The molecule has 0 aliphatic carbocycles. The molecule has 3 unspecified atom stereocenters. The molecule has 0 saturated carbocycles. The number of aliphatic hydroxyl groups excluding tert-OH is 1. The quantitative estimate of drug-likeness (QED) is 0.0272. The molecule has 346 valence electrons. The van der Waals surface area contributed by atoms with Gasteiger partial charge in [0.25, 0.3) is 0 Å². The van der Waals surface area contributed by atoms with Crippen molar-refractivity contribution in [1.29, 1.82) is 0 Å². The van der Waals surface area contributed by atoms with Gasteiger partial charge in [-0.05, 0) is 51.4 Å². The highest BCUT2D eigenvalue weighted by molar-refractivity contribution is 7.47. The van der Waals surface area contributed by atoms with E-state index in [9.17, 15) is 19.4 Å². The number of phosphoric acid groups is 1. The molecule has 8 nitrogen and oxygen atoms in total. The molecule has 5 N–H and O–H groups in total. The van der Waals surface area contributed by atoms with Gasteiger partial charge < -0.3 is 21.1 Å². The normalized spacial score (nSPS) is 14.3. The molecule has 0 radical (unpaired) electrons. The van der Waals surface area contributed by atoms with E-state index in [-0.39, 0.29) is 25.7 Å². The highest BCUT2D eigenvalue weighted by Gasteiger charge is 2.27. The number of aliphatic hydroxyl groups is 1. The minimum Gasteiger partial charge on any atom is -0.391 e. The molecular weight excluding hydrogens is 756 g/mol. The van der Waals surface area contributed by atoms with Gasteiger partial charge in [0, 0.05) is 13.0 Å². The first-order chi connectivity index (χ1) is 28.9. The van der Waals surface area contributed by atoms with E-state index in [1.54, 1.807) is 0 Å². The molecule has 0 rings (SSSR count). The summed E-state index contributed by atoms with van der Waals surface area (Å²) in [6.07, 6.45) is 57.0. The molecule has 1 amide bonds. The minimum absolute atomic E-state index is 0.0848. The molecular formula is C50H95N2O6P. The van der Waals surface area contributed by atoms with Crippen LogP contribution in [0.4, 0.5) is 0 Å². The zero-order valence-corrected chi connectivity index (χ0v) is 39.4. The number of nitrogens with one attached hydrogen (secondary N) is 1. The molecule has 0 saturated heterocycles. The van der Waals surface area contributed by atoms with Crippen molar-refractivity contribution >= 4 is 13.7 Å². The first-order valence-electron chi connectivity index (χ1n) is 24.8. The Morgan fingerprint density at radius 3 is 1.44 bits per heavy atom. The van der Waals surface area contributed by atoms with Gasteiger partial charge in [-0.15, -0.1) is 0 Å². The van der Waals surface area contributed by atoms with Crippen LogP contribution in [0.25, 0.3) is 0 Å². The standard InChI is InChI=1S/C50H95N2O6P/c1-3-5-7-9-11-13-15-17-19-21-23-24-26-27-29-31-33-35-37-39-41-43-49(53)48(47-58-59(55,56)57-46-45-51)52-50(54)44-42-40-38-36-34-32-30-28-25-22-20-18-16-14-12-10-8-6-4-2/h6,8,12,14,18,20,25,28,48-49,53H,3-5,7,9-11,13,15-17,19,21-24,26-27,29-47,51H2,1-2H3,(H,52,54)(H,55,56)/b8-6-,14-12-,20-18-,28-25-. The third-order valence-electron chi connectivity index (χ3n) is 10.9. The molecule has 0 bridgehead atoms. The number of phosphoric ester groups is 1. The third kappa shape index (κ3) is 44.3. The van der Waals surface area contributed by atoms with E-state index in [0.29, 0.717) is 12.8 Å². The fourth-order valence-electron chi connectivity index (χ4n) is 7.25. The van der Waals surface area contributed by atoms with Gasteiger partial charge in [-0.1, -0.05) is 223 Å². The fraction of sp³-hybridized carbons (Fsp3) is 0.820. The maximum Gasteiger partial charge on any atom is 0.472 e. The van der Waals surface area contributed by atoms with Crippen molar-refractivity contribution in [3.63, 3.8) is 0 Å². The van der Waals surface area contributed by atoms with Crippen LogP contribution in [0.5, 0.6) is 0 Å². The van der Waals surface area contributed by atoms with E-state index in [1.165, 1.54) is 128 Å². The Balaban J connectivity index is 4.10. The van der Waals surface area contributed by atoms with E-state index >= 15 is 0 Å². The number of unbranched alkanes of at least 4 members (excludes halogenated alkanes) is 26. The van der Waals surface area contributed by atoms with Crippen molar-refractivity contribution in [1.82, 2.24) is 5.32 Å². The maximum atomic E-state index is 12.8. The monoisotopic (exact) mass is 851 g/mol. The Morgan fingerprint density at radius 1 is 0.576 bits per heavy atom. The van der Waals surface area contributed by atoms with Crippen LogP contribution in [0.3, 0.4) is 0 Å². The van der Waals surface area contributed by atoms with Crippen LogP contribution in [-0.4, -0.2) is 47.8 Å². The SMILES string of the molecule is CC/C=C\C/C=C\C/C=C\C/C=C\CCCCCCCCC(=O)NC(COP(=O)(O)OCCN)C(O)CCCCCCCCCCCCCCCCCCCCCCC. The van der Waals surface area contributed by atoms with Gasteiger partial charge in [0.2, 0.25) is 5.91 Å². The van der Waals surface area contributed by atoms with Crippen LogP contribution < -0.4 is 11.1 Å². The van der Waals surface area contributed by atoms with Gasteiger partial charge >= 0.3 is 7.82 Å². The zero-order valence-electron chi connectivity index (χ0n) is 38.5. The predicted octanol–water partition coefficient (Wildman–Crippen LogP) is 14.5. The van der Waals surface area contributed by atoms with E-state index < -0.39 is 20.0 Å². The van der Waals surface area contributed by atoms with Gasteiger partial charge in [-0.25, -0.2) is 4.57 Å². The molecule has 0 spiro atoms. The van der Waals surface area contributed by atoms with E-state index in [1.807, 2.05) is 0 Å². The Kier molecular flexibility index (Phi) is 44.8. The Hall–Kier alpha value is -1.54. The Morgan fingerprint density at radius 2 is 0.983 bits per heavy atom. The zero-order chi connectivity index (χ0) is 43.2. The average Bonchev–Trinajstić information content (AvgIpc) is 3.22. The summed E-state index contributed by atoms with van der Waals surface area (Å²) in [5, 5.41) is 13.9. The molecule has 0 aliphatic rings. The lowest BCUT2D eigenvalue weighted by Crippen LogP contribution is -2.46. The summed E-state index contributed by atoms with van der Waals surface area (Å²) in [6, 6.07) is -0.784. The minimum atomic E-state index is -4.33. The molecule has 3 atom stereocenters. The number of amides is 1. The van der Waals surface area contributed by atoms with Gasteiger partial charge in [0.1, 0.15) is 0 Å². The topological polar surface area (TPSA) is 131 Å². The lowest BCUT2D eigenvalue weighted by molar-refractivity contribution is -0.123. The Labute approximate surface area is 364 Å². The molecule has 9 heteroatoms. The number of rotatable bonds is 46.